The van der Waals surface area contributed by atoms with Gasteiger partial charge in [-0.15, -0.1) is 15.3 Å². The number of aromatic amines is 1. The van der Waals surface area contributed by atoms with Gasteiger partial charge in [0.15, 0.2) is 0 Å². The Labute approximate surface area is 178 Å². The van der Waals surface area contributed by atoms with Crippen LogP contribution in [0, 0.1) is 0 Å². The van der Waals surface area contributed by atoms with Crippen molar-refractivity contribution >= 4 is 0 Å². The molecule has 0 aliphatic rings. The molecule has 0 saturated carbocycles. The second-order valence-electron chi connectivity index (χ2n) is 6.99. The topological polar surface area (TPSA) is 94.4 Å². The third kappa shape index (κ3) is 4.32. The minimum Gasteiger partial charge on any atom is -0.487 e. The van der Waals surface area contributed by atoms with Gasteiger partial charge in [0.1, 0.15) is 18.1 Å². The van der Waals surface area contributed by atoms with E-state index in [1.54, 1.807) is 0 Å². The molecule has 2 aromatic heterocycles. The summed E-state index contributed by atoms with van der Waals surface area (Å²) in [7, 11) is 0. The van der Waals surface area contributed by atoms with E-state index in [1.165, 1.54) is 0 Å². The zero-order chi connectivity index (χ0) is 20.9. The average molecular weight is 409 g/mol. The van der Waals surface area contributed by atoms with Gasteiger partial charge in [-0.2, -0.15) is 5.21 Å². The molecule has 2 heterocycles. The van der Waals surface area contributed by atoms with Gasteiger partial charge in [-0.3, -0.25) is 0 Å². The van der Waals surface area contributed by atoms with Gasteiger partial charge in [-0.1, -0.05) is 71.9 Å². The molecule has 0 atom stereocenters. The van der Waals surface area contributed by atoms with Crippen LogP contribution in [0.4, 0.5) is 0 Å². The molecular weight excluding hydrogens is 390 g/mol. The largest absolute Gasteiger partial charge is 0.487 e. The molecule has 31 heavy (non-hydrogen) atoms. The van der Waals surface area contributed by atoms with Crippen LogP contribution in [0.1, 0.15) is 11.3 Å². The summed E-state index contributed by atoms with van der Waals surface area (Å²) in [5.74, 6) is 1.39. The summed E-state index contributed by atoms with van der Waals surface area (Å²) in [5, 5.41) is 22.8. The summed E-state index contributed by atoms with van der Waals surface area (Å²) in [6, 6.07) is 26.0. The monoisotopic (exact) mass is 409 g/mol. The number of rotatable bonds is 7. The molecule has 0 bridgehead atoms. The minimum atomic E-state index is 0.385. The van der Waals surface area contributed by atoms with E-state index < -0.39 is 0 Å². The molecule has 0 aliphatic carbocycles. The van der Waals surface area contributed by atoms with Crippen LogP contribution in [-0.2, 0) is 13.2 Å². The Morgan fingerprint density at radius 1 is 0.806 bits per heavy atom. The molecule has 0 saturated heterocycles. The number of nitrogens with one attached hydrogen (secondary N) is 1. The fourth-order valence-corrected chi connectivity index (χ4v) is 3.34. The molecule has 5 aromatic rings. The van der Waals surface area contributed by atoms with Crippen molar-refractivity contribution in [1.29, 1.82) is 0 Å². The summed E-state index contributed by atoms with van der Waals surface area (Å²) in [6.45, 7) is 1.01. The highest BCUT2D eigenvalue weighted by Gasteiger charge is 2.10. The Morgan fingerprint density at radius 2 is 1.58 bits per heavy atom. The zero-order valence-electron chi connectivity index (χ0n) is 16.6. The van der Waals surface area contributed by atoms with E-state index >= 15 is 0 Å². The van der Waals surface area contributed by atoms with Crippen LogP contribution in [-0.4, -0.2) is 35.6 Å². The van der Waals surface area contributed by atoms with Gasteiger partial charge in [-0.05, 0) is 34.0 Å². The van der Waals surface area contributed by atoms with Crippen LogP contribution < -0.4 is 4.74 Å². The molecule has 0 unspecified atom stereocenters. The molecule has 0 amide bonds. The average Bonchev–Trinajstić information content (AvgIpc) is 3.52. The van der Waals surface area contributed by atoms with Crippen molar-refractivity contribution in [3.8, 4) is 28.3 Å². The molecule has 8 nitrogen and oxygen atoms in total. The summed E-state index contributed by atoms with van der Waals surface area (Å²) in [6.07, 6.45) is 1.91. The van der Waals surface area contributed by atoms with Gasteiger partial charge >= 0.3 is 0 Å². The molecule has 1 N–H and O–H groups in total. The second kappa shape index (κ2) is 8.58. The Hall–Kier alpha value is -4.33. The summed E-state index contributed by atoms with van der Waals surface area (Å²) in [5.41, 5.74) is 4.98. The standard InChI is InChI=1S/C23H19N7O/c1-2-6-20(7-3-1)31-16-19-15-30(29-24-19)14-17-10-12-18(13-11-17)21-8-4-5-9-22(21)23-25-27-28-26-23/h1-13,15H,14,16H2,(H,25,26,27,28). The second-order valence-corrected chi connectivity index (χ2v) is 6.99. The first-order valence-corrected chi connectivity index (χ1v) is 9.84. The first-order chi connectivity index (χ1) is 15.3. The smallest absolute Gasteiger partial charge is 0.205 e. The van der Waals surface area contributed by atoms with E-state index in [4.69, 9.17) is 4.74 Å². The highest BCUT2D eigenvalue weighted by Crippen LogP contribution is 2.29. The Morgan fingerprint density at radius 3 is 2.35 bits per heavy atom. The predicted octanol–water partition coefficient (Wildman–Crippen LogP) is 3.75. The van der Waals surface area contributed by atoms with Crippen LogP contribution in [0.15, 0.2) is 85.1 Å². The van der Waals surface area contributed by atoms with E-state index in [-0.39, 0.29) is 0 Å². The van der Waals surface area contributed by atoms with Crippen LogP contribution >= 0.6 is 0 Å². The van der Waals surface area contributed by atoms with Gasteiger partial charge in [0.05, 0.1) is 12.7 Å². The van der Waals surface area contributed by atoms with E-state index in [0.29, 0.717) is 19.0 Å². The molecular formula is C23H19N7O. The number of benzene rings is 3. The molecule has 0 fully saturated rings. The number of hydrogen-bond acceptors (Lipinski definition) is 6. The van der Waals surface area contributed by atoms with Gasteiger partial charge in [-0.25, -0.2) is 4.68 Å². The molecule has 0 radical (unpaired) electrons. The Kier molecular flexibility index (Phi) is 5.17. The van der Waals surface area contributed by atoms with Crippen molar-refractivity contribution in [3.63, 3.8) is 0 Å². The fraction of sp³-hybridized carbons (Fsp3) is 0.0870. The van der Waals surface area contributed by atoms with Gasteiger partial charge < -0.3 is 4.74 Å². The summed E-state index contributed by atoms with van der Waals surface area (Å²) < 4.78 is 7.54. The molecule has 152 valence electrons. The number of aromatic nitrogens is 7. The predicted molar refractivity (Wildman–Crippen MR) is 115 cm³/mol. The lowest BCUT2D eigenvalue weighted by atomic mass is 9.98. The Balaban J connectivity index is 1.27. The van der Waals surface area contributed by atoms with Crippen molar-refractivity contribution < 1.29 is 4.74 Å². The first-order valence-electron chi connectivity index (χ1n) is 9.84. The lowest BCUT2D eigenvalue weighted by Gasteiger charge is -2.08. The van der Waals surface area contributed by atoms with Crippen LogP contribution in [0.25, 0.3) is 22.5 Å². The van der Waals surface area contributed by atoms with Crippen LogP contribution in [0.3, 0.4) is 0 Å². The zero-order valence-corrected chi connectivity index (χ0v) is 16.6. The number of para-hydroxylation sites is 1. The fourth-order valence-electron chi connectivity index (χ4n) is 3.34. The molecule has 3 aromatic carbocycles. The SMILES string of the molecule is c1ccc(OCc2cn(Cc3ccc(-c4ccccc4-c4nn[nH]n4)cc3)nn2)cc1. The minimum absolute atomic E-state index is 0.385. The highest BCUT2D eigenvalue weighted by molar-refractivity contribution is 5.80. The van der Waals surface area contributed by atoms with Gasteiger partial charge in [0.25, 0.3) is 0 Å². The quantitative estimate of drug-likeness (QED) is 0.440. The summed E-state index contributed by atoms with van der Waals surface area (Å²) in [4.78, 5) is 0. The van der Waals surface area contributed by atoms with Gasteiger partial charge in [0.2, 0.25) is 5.82 Å². The highest BCUT2D eigenvalue weighted by atomic mass is 16.5. The molecule has 0 spiro atoms. The van der Waals surface area contributed by atoms with E-state index in [2.05, 4.69) is 61.3 Å². The van der Waals surface area contributed by atoms with Crippen molar-refractivity contribution in [1.82, 2.24) is 35.6 Å². The summed E-state index contributed by atoms with van der Waals surface area (Å²) >= 11 is 0. The lowest BCUT2D eigenvalue weighted by molar-refractivity contribution is 0.301. The van der Waals surface area contributed by atoms with Crippen molar-refractivity contribution in [2.24, 2.45) is 0 Å². The Bertz CT molecular complexity index is 1250. The maximum atomic E-state index is 5.73. The normalized spacial score (nSPS) is 10.8. The van der Waals surface area contributed by atoms with Crippen LogP contribution in [0.2, 0.25) is 0 Å². The van der Waals surface area contributed by atoms with Crippen molar-refractivity contribution in [2.75, 3.05) is 0 Å². The molecule has 0 aliphatic heterocycles. The van der Waals surface area contributed by atoms with Gasteiger partial charge in [0, 0.05) is 5.56 Å². The molecule has 5 rings (SSSR count). The lowest BCUT2D eigenvalue weighted by Crippen LogP contribution is -2.00. The number of H-pyrrole nitrogens is 1. The van der Waals surface area contributed by atoms with Crippen LogP contribution in [0.5, 0.6) is 5.75 Å². The first kappa shape index (κ1) is 18.7. The number of hydrogen-bond donors (Lipinski definition) is 1. The van der Waals surface area contributed by atoms with Crippen molar-refractivity contribution in [3.05, 3.63) is 96.3 Å². The number of tetrazole rings is 1. The third-order valence-electron chi connectivity index (χ3n) is 4.84. The van der Waals surface area contributed by atoms with E-state index in [0.717, 1.165) is 33.7 Å². The molecule has 8 heteroatoms. The maximum Gasteiger partial charge on any atom is 0.205 e. The van der Waals surface area contributed by atoms with E-state index in [9.17, 15) is 0 Å². The number of ether oxygens (including phenoxy) is 1. The third-order valence-corrected chi connectivity index (χ3v) is 4.84. The number of nitrogens with zero attached hydrogens (tertiary/aromatic N) is 6. The maximum absolute atomic E-state index is 5.73. The van der Waals surface area contributed by atoms with Crippen molar-refractivity contribution in [2.45, 2.75) is 13.2 Å². The van der Waals surface area contributed by atoms with E-state index in [1.807, 2.05) is 59.4 Å².